The minimum absolute atomic E-state index is 0.115. The first kappa shape index (κ1) is 14.2. The van der Waals surface area contributed by atoms with Crippen molar-refractivity contribution in [3.8, 4) is 0 Å². The number of nitrogens with zero attached hydrogens (tertiary/aromatic N) is 2. The summed E-state index contributed by atoms with van der Waals surface area (Å²) in [5.41, 5.74) is -0.0582. The number of carbonyl (C=O) groups excluding carboxylic acids is 2. The Labute approximate surface area is 142 Å². The highest BCUT2D eigenvalue weighted by Gasteiger charge is 2.67. The zero-order valence-electron chi connectivity index (χ0n) is 12.5. The van der Waals surface area contributed by atoms with E-state index in [0.29, 0.717) is 11.8 Å². The smallest absolute Gasteiger partial charge is 0.271 e. The van der Waals surface area contributed by atoms with Gasteiger partial charge in [-0.1, -0.05) is 23.8 Å². The van der Waals surface area contributed by atoms with Crippen molar-refractivity contribution in [1.29, 1.82) is 0 Å². The largest absolute Gasteiger partial charge is 0.274 e. The molecule has 5 aliphatic rings. The van der Waals surface area contributed by atoms with E-state index in [4.69, 9.17) is 11.6 Å². The molecule has 6 atom stereocenters. The average molecular weight is 345 g/mol. The number of carbonyl (C=O) groups is 2. The van der Waals surface area contributed by atoms with Crippen LogP contribution in [0.1, 0.15) is 6.42 Å². The molecular weight excluding hydrogens is 332 g/mol. The Hall–Kier alpha value is -2.21. The van der Waals surface area contributed by atoms with Crippen LogP contribution in [0.3, 0.4) is 0 Å². The van der Waals surface area contributed by atoms with E-state index in [1.807, 2.05) is 0 Å². The van der Waals surface area contributed by atoms with E-state index in [1.54, 1.807) is 0 Å². The van der Waals surface area contributed by atoms with Crippen molar-refractivity contribution in [2.75, 3.05) is 4.90 Å². The van der Waals surface area contributed by atoms with Gasteiger partial charge in [0.25, 0.3) is 5.69 Å². The molecule has 6 nitrogen and oxygen atoms in total. The van der Waals surface area contributed by atoms with Gasteiger partial charge in [0.2, 0.25) is 11.8 Å². The number of nitro benzene ring substituents is 1. The van der Waals surface area contributed by atoms with Crippen LogP contribution >= 0.6 is 11.6 Å². The lowest BCUT2D eigenvalue weighted by Gasteiger charge is -2.37. The summed E-state index contributed by atoms with van der Waals surface area (Å²) < 4.78 is 0. The molecule has 4 aliphatic carbocycles. The van der Waals surface area contributed by atoms with Crippen LogP contribution in [-0.2, 0) is 9.59 Å². The molecule has 6 rings (SSSR count). The molecule has 122 valence electrons. The number of non-ortho nitro benzene ring substituents is 1. The van der Waals surface area contributed by atoms with E-state index in [1.165, 1.54) is 18.2 Å². The Morgan fingerprint density at radius 3 is 2.21 bits per heavy atom. The number of benzene rings is 1. The molecule has 2 bridgehead atoms. The Balaban J connectivity index is 1.60. The quantitative estimate of drug-likeness (QED) is 0.357. The first-order valence-corrected chi connectivity index (χ1v) is 8.37. The summed E-state index contributed by atoms with van der Waals surface area (Å²) in [5.74, 6) is 0.0391. The van der Waals surface area contributed by atoms with Gasteiger partial charge in [0.15, 0.2) is 0 Å². The van der Waals surface area contributed by atoms with Crippen LogP contribution in [0, 0.1) is 45.6 Å². The zero-order valence-corrected chi connectivity index (χ0v) is 13.2. The first-order chi connectivity index (χ1) is 11.5. The highest BCUT2D eigenvalue weighted by atomic mass is 35.5. The molecule has 2 saturated carbocycles. The molecule has 1 heterocycles. The predicted molar refractivity (Wildman–Crippen MR) is 85.3 cm³/mol. The van der Waals surface area contributed by atoms with E-state index >= 15 is 0 Å². The molecule has 2 amide bonds. The monoisotopic (exact) mass is 344 g/mol. The third-order valence-corrected chi connectivity index (χ3v) is 6.36. The molecule has 24 heavy (non-hydrogen) atoms. The van der Waals surface area contributed by atoms with Gasteiger partial charge in [-0.15, -0.1) is 0 Å². The molecule has 1 aliphatic heterocycles. The predicted octanol–water partition coefficient (Wildman–Crippen LogP) is 2.81. The Bertz CT molecular complexity index is 815. The van der Waals surface area contributed by atoms with Crippen LogP contribution in [0.4, 0.5) is 11.4 Å². The van der Waals surface area contributed by atoms with Gasteiger partial charge in [-0.3, -0.25) is 19.7 Å². The Kier molecular flexibility index (Phi) is 2.62. The molecule has 0 aromatic heterocycles. The zero-order chi connectivity index (χ0) is 16.7. The highest BCUT2D eigenvalue weighted by Crippen LogP contribution is 2.65. The highest BCUT2D eigenvalue weighted by molar-refractivity contribution is 6.36. The minimum Gasteiger partial charge on any atom is -0.274 e. The van der Waals surface area contributed by atoms with Crippen LogP contribution in [0.15, 0.2) is 30.4 Å². The van der Waals surface area contributed by atoms with E-state index in [0.717, 1.165) is 11.3 Å². The maximum Gasteiger partial charge on any atom is 0.271 e. The van der Waals surface area contributed by atoms with Gasteiger partial charge in [0, 0.05) is 12.1 Å². The second-order valence-corrected chi connectivity index (χ2v) is 7.47. The van der Waals surface area contributed by atoms with Gasteiger partial charge >= 0.3 is 0 Å². The molecule has 0 N–H and O–H groups in total. The summed E-state index contributed by atoms with van der Waals surface area (Å²) in [6, 6.07) is 3.85. The van der Waals surface area contributed by atoms with Crippen molar-refractivity contribution in [1.82, 2.24) is 0 Å². The minimum atomic E-state index is -0.557. The molecule has 0 unspecified atom stereocenters. The molecule has 0 radical (unpaired) electrons. The van der Waals surface area contributed by atoms with E-state index in [9.17, 15) is 19.7 Å². The number of amides is 2. The number of halogens is 1. The Morgan fingerprint density at radius 1 is 1.08 bits per heavy atom. The maximum atomic E-state index is 13.0. The summed E-state index contributed by atoms with van der Waals surface area (Å²) in [7, 11) is 0. The van der Waals surface area contributed by atoms with Crippen molar-refractivity contribution in [2.45, 2.75) is 6.42 Å². The van der Waals surface area contributed by atoms with E-state index in [-0.39, 0.29) is 51.9 Å². The molecule has 1 aromatic carbocycles. The van der Waals surface area contributed by atoms with Gasteiger partial charge in [0.05, 0.1) is 27.5 Å². The second kappa shape index (κ2) is 4.45. The summed E-state index contributed by atoms with van der Waals surface area (Å²) in [6.45, 7) is 0. The normalized spacial score (nSPS) is 38.3. The van der Waals surface area contributed by atoms with Crippen molar-refractivity contribution in [3.63, 3.8) is 0 Å². The summed E-state index contributed by atoms with van der Waals surface area (Å²) in [6.07, 6.45) is 5.26. The van der Waals surface area contributed by atoms with Crippen molar-refractivity contribution in [2.24, 2.45) is 35.5 Å². The van der Waals surface area contributed by atoms with Gasteiger partial charge in [0.1, 0.15) is 0 Å². The summed E-state index contributed by atoms with van der Waals surface area (Å²) in [5, 5.41) is 11.2. The lowest BCUT2D eigenvalue weighted by molar-refractivity contribution is -0.384. The number of nitro groups is 1. The average Bonchev–Trinajstić information content (AvgIpc) is 3.33. The van der Waals surface area contributed by atoms with E-state index in [2.05, 4.69) is 12.2 Å². The Morgan fingerprint density at radius 2 is 1.67 bits per heavy atom. The van der Waals surface area contributed by atoms with Gasteiger partial charge in [-0.2, -0.15) is 0 Å². The second-order valence-electron chi connectivity index (χ2n) is 7.06. The third-order valence-electron chi connectivity index (χ3n) is 6.04. The maximum absolute atomic E-state index is 13.0. The number of hydrogen-bond donors (Lipinski definition) is 0. The first-order valence-electron chi connectivity index (χ1n) is 7.99. The van der Waals surface area contributed by atoms with Gasteiger partial charge in [-0.25, -0.2) is 4.90 Å². The SMILES string of the molecule is O=C1[C@@H]2[C@@H]3C=C[C@@H]([C@H]4C[C@@H]34)[C@@H]2C(=O)N1c1cc([N+](=O)[O-])ccc1Cl. The van der Waals surface area contributed by atoms with Gasteiger partial charge in [-0.05, 0) is 36.2 Å². The fourth-order valence-corrected chi connectivity index (χ4v) is 5.18. The molecule has 3 fully saturated rings. The van der Waals surface area contributed by atoms with Crippen LogP contribution in [-0.4, -0.2) is 16.7 Å². The summed E-state index contributed by atoms with van der Waals surface area (Å²) >= 11 is 6.15. The number of imide groups is 1. The molecular formula is C17H13ClN2O4. The van der Waals surface area contributed by atoms with Crippen molar-refractivity contribution >= 4 is 34.8 Å². The number of allylic oxidation sites excluding steroid dienone is 2. The molecule has 0 spiro atoms. The fourth-order valence-electron chi connectivity index (χ4n) is 4.98. The molecule has 1 aromatic rings. The lowest BCUT2D eigenvalue weighted by atomic mass is 9.63. The third kappa shape index (κ3) is 1.61. The van der Waals surface area contributed by atoms with Crippen LogP contribution in [0.2, 0.25) is 5.02 Å². The topological polar surface area (TPSA) is 80.5 Å². The van der Waals surface area contributed by atoms with Crippen molar-refractivity contribution < 1.29 is 14.5 Å². The van der Waals surface area contributed by atoms with Crippen LogP contribution in [0.5, 0.6) is 0 Å². The lowest BCUT2D eigenvalue weighted by Crippen LogP contribution is -2.40. The molecule has 1 saturated heterocycles. The number of anilines is 1. The van der Waals surface area contributed by atoms with Gasteiger partial charge < -0.3 is 0 Å². The number of hydrogen-bond acceptors (Lipinski definition) is 4. The molecule has 7 heteroatoms. The van der Waals surface area contributed by atoms with Crippen LogP contribution < -0.4 is 4.90 Å². The fraction of sp³-hybridized carbons (Fsp3) is 0.412. The standard InChI is InChI=1S/C17H13ClN2O4/c18-12-4-1-7(20(23)24)5-13(12)19-16(21)14-8-2-3-9(11-6-10(8)11)15(14)17(19)22/h1-5,8-11,14-15H,6H2/t8-,9+,10+,11-,14-,15+. The summed E-state index contributed by atoms with van der Waals surface area (Å²) in [4.78, 5) is 37.5. The van der Waals surface area contributed by atoms with Crippen LogP contribution in [0.25, 0.3) is 0 Å². The van der Waals surface area contributed by atoms with Crippen molar-refractivity contribution in [3.05, 3.63) is 45.5 Å². The van der Waals surface area contributed by atoms with E-state index < -0.39 is 4.92 Å². The number of rotatable bonds is 2.